The highest BCUT2D eigenvalue weighted by Crippen LogP contribution is 1.95. The Morgan fingerprint density at radius 2 is 2.33 bits per heavy atom. The lowest BCUT2D eigenvalue weighted by atomic mass is 10.2. The quantitative estimate of drug-likeness (QED) is 0.586. The lowest BCUT2D eigenvalue weighted by Crippen LogP contribution is -2.32. The number of aromatic nitrogens is 1. The van der Waals surface area contributed by atoms with Crippen LogP contribution in [0.2, 0.25) is 0 Å². The number of nitrogens with zero attached hydrogens (tertiary/aromatic N) is 1. The molecule has 0 aliphatic carbocycles. The van der Waals surface area contributed by atoms with E-state index in [-0.39, 0.29) is 0 Å². The molecule has 1 aromatic heterocycles. The van der Waals surface area contributed by atoms with Gasteiger partial charge in [0.25, 0.3) is 0 Å². The molecule has 0 saturated carbocycles. The molecule has 5 heteroatoms. The summed E-state index contributed by atoms with van der Waals surface area (Å²) < 4.78 is 10.1. The SMILES string of the molecule is COCCOCC(O)CNCCc1cccnc1. The van der Waals surface area contributed by atoms with Crippen LogP contribution in [0.25, 0.3) is 0 Å². The molecular weight excluding hydrogens is 232 g/mol. The summed E-state index contributed by atoms with van der Waals surface area (Å²) in [7, 11) is 1.62. The summed E-state index contributed by atoms with van der Waals surface area (Å²) in [5.74, 6) is 0. The van der Waals surface area contributed by atoms with E-state index in [1.165, 1.54) is 5.56 Å². The average Bonchev–Trinajstić information content (AvgIpc) is 2.41. The van der Waals surface area contributed by atoms with Crippen molar-refractivity contribution >= 4 is 0 Å². The molecular formula is C13H22N2O3. The molecule has 1 heterocycles. The van der Waals surface area contributed by atoms with Crippen molar-refractivity contribution in [3.63, 3.8) is 0 Å². The summed E-state index contributed by atoms with van der Waals surface area (Å²) in [4.78, 5) is 4.05. The average molecular weight is 254 g/mol. The van der Waals surface area contributed by atoms with Gasteiger partial charge in [0.05, 0.1) is 25.9 Å². The smallest absolute Gasteiger partial charge is 0.0897 e. The Morgan fingerprint density at radius 3 is 3.06 bits per heavy atom. The van der Waals surface area contributed by atoms with Gasteiger partial charge in [-0.05, 0) is 24.6 Å². The topological polar surface area (TPSA) is 63.6 Å². The third kappa shape index (κ3) is 7.34. The van der Waals surface area contributed by atoms with E-state index in [9.17, 15) is 5.11 Å². The molecule has 0 saturated heterocycles. The Balaban J connectivity index is 1.97. The van der Waals surface area contributed by atoms with Crippen LogP contribution in [0, 0.1) is 0 Å². The number of ether oxygens (including phenoxy) is 2. The molecule has 1 aromatic rings. The summed E-state index contributed by atoms with van der Waals surface area (Å²) in [6.07, 6.45) is 4.05. The van der Waals surface area contributed by atoms with Gasteiger partial charge in [-0.3, -0.25) is 4.98 Å². The second-order valence-corrected chi connectivity index (χ2v) is 4.04. The van der Waals surface area contributed by atoms with Gasteiger partial charge in [-0.2, -0.15) is 0 Å². The molecule has 0 aromatic carbocycles. The number of rotatable bonds is 10. The van der Waals surface area contributed by atoms with Crippen molar-refractivity contribution in [1.82, 2.24) is 10.3 Å². The minimum absolute atomic E-state index is 0.337. The van der Waals surface area contributed by atoms with Crippen LogP contribution in [0.5, 0.6) is 0 Å². The van der Waals surface area contributed by atoms with E-state index in [1.54, 1.807) is 13.3 Å². The van der Waals surface area contributed by atoms with E-state index in [0.717, 1.165) is 13.0 Å². The van der Waals surface area contributed by atoms with Gasteiger partial charge < -0.3 is 19.9 Å². The maximum absolute atomic E-state index is 9.61. The monoisotopic (exact) mass is 254 g/mol. The van der Waals surface area contributed by atoms with Crippen molar-refractivity contribution in [3.05, 3.63) is 30.1 Å². The first kappa shape index (κ1) is 15.0. The predicted molar refractivity (Wildman–Crippen MR) is 69.5 cm³/mol. The van der Waals surface area contributed by atoms with E-state index in [0.29, 0.717) is 26.4 Å². The van der Waals surface area contributed by atoms with E-state index < -0.39 is 6.10 Å². The van der Waals surface area contributed by atoms with Crippen LogP contribution in [-0.2, 0) is 15.9 Å². The largest absolute Gasteiger partial charge is 0.389 e. The molecule has 0 fully saturated rings. The predicted octanol–water partition coefficient (Wildman–Crippen LogP) is 0.238. The Kier molecular flexibility index (Phi) is 8.33. The van der Waals surface area contributed by atoms with Crippen LogP contribution in [0.3, 0.4) is 0 Å². The Hall–Kier alpha value is -1.01. The van der Waals surface area contributed by atoms with Crippen molar-refractivity contribution in [2.75, 3.05) is 40.0 Å². The summed E-state index contributed by atoms with van der Waals surface area (Å²) in [6.45, 7) is 2.77. The summed E-state index contributed by atoms with van der Waals surface area (Å²) in [6, 6.07) is 3.97. The first-order chi connectivity index (χ1) is 8.83. The Bertz CT molecular complexity index is 296. The van der Waals surface area contributed by atoms with Crippen molar-refractivity contribution in [2.45, 2.75) is 12.5 Å². The number of aliphatic hydroxyl groups is 1. The van der Waals surface area contributed by atoms with E-state index >= 15 is 0 Å². The highest BCUT2D eigenvalue weighted by atomic mass is 16.5. The van der Waals surface area contributed by atoms with Crippen LogP contribution in [0.4, 0.5) is 0 Å². The van der Waals surface area contributed by atoms with Crippen LogP contribution in [0.1, 0.15) is 5.56 Å². The van der Waals surface area contributed by atoms with Gasteiger partial charge in [-0.15, -0.1) is 0 Å². The molecule has 0 aliphatic rings. The fourth-order valence-electron chi connectivity index (χ4n) is 1.47. The van der Waals surface area contributed by atoms with Gasteiger partial charge in [0.15, 0.2) is 0 Å². The minimum atomic E-state index is -0.476. The molecule has 18 heavy (non-hydrogen) atoms. The number of hydrogen-bond acceptors (Lipinski definition) is 5. The zero-order chi connectivity index (χ0) is 13.1. The molecule has 5 nitrogen and oxygen atoms in total. The molecule has 0 spiro atoms. The molecule has 1 atom stereocenters. The van der Waals surface area contributed by atoms with Gasteiger partial charge in [-0.25, -0.2) is 0 Å². The molecule has 0 amide bonds. The third-order valence-electron chi connectivity index (χ3n) is 2.44. The van der Waals surface area contributed by atoms with Crippen LogP contribution in [0.15, 0.2) is 24.5 Å². The molecule has 0 radical (unpaired) electrons. The van der Waals surface area contributed by atoms with E-state index in [1.807, 2.05) is 18.3 Å². The van der Waals surface area contributed by atoms with Crippen LogP contribution < -0.4 is 5.32 Å². The van der Waals surface area contributed by atoms with Gasteiger partial charge in [0.1, 0.15) is 0 Å². The summed E-state index contributed by atoms with van der Waals surface area (Å²) >= 11 is 0. The van der Waals surface area contributed by atoms with Gasteiger partial charge in [0.2, 0.25) is 0 Å². The third-order valence-corrected chi connectivity index (χ3v) is 2.44. The zero-order valence-electron chi connectivity index (χ0n) is 10.8. The fourth-order valence-corrected chi connectivity index (χ4v) is 1.47. The maximum atomic E-state index is 9.61. The van der Waals surface area contributed by atoms with Crippen LogP contribution in [-0.4, -0.2) is 56.2 Å². The van der Waals surface area contributed by atoms with E-state index in [4.69, 9.17) is 9.47 Å². The lowest BCUT2D eigenvalue weighted by Gasteiger charge is -2.12. The summed E-state index contributed by atoms with van der Waals surface area (Å²) in [5.41, 5.74) is 1.19. The van der Waals surface area contributed by atoms with Crippen LogP contribution >= 0.6 is 0 Å². The normalized spacial score (nSPS) is 12.6. The number of hydrogen-bond donors (Lipinski definition) is 2. The van der Waals surface area contributed by atoms with Crippen molar-refractivity contribution in [2.24, 2.45) is 0 Å². The molecule has 102 valence electrons. The zero-order valence-corrected chi connectivity index (χ0v) is 10.8. The fraction of sp³-hybridized carbons (Fsp3) is 0.615. The molecule has 1 rings (SSSR count). The minimum Gasteiger partial charge on any atom is -0.389 e. The highest BCUT2D eigenvalue weighted by Gasteiger charge is 2.03. The van der Waals surface area contributed by atoms with Gasteiger partial charge in [-0.1, -0.05) is 6.07 Å². The van der Waals surface area contributed by atoms with Crippen molar-refractivity contribution < 1.29 is 14.6 Å². The second kappa shape index (κ2) is 9.96. The maximum Gasteiger partial charge on any atom is 0.0897 e. The van der Waals surface area contributed by atoms with Gasteiger partial charge >= 0.3 is 0 Å². The second-order valence-electron chi connectivity index (χ2n) is 4.04. The van der Waals surface area contributed by atoms with Gasteiger partial charge in [0, 0.05) is 26.0 Å². The van der Waals surface area contributed by atoms with Crippen molar-refractivity contribution in [3.8, 4) is 0 Å². The number of methoxy groups -OCH3 is 1. The number of aliphatic hydroxyl groups excluding tert-OH is 1. The Labute approximate surface area is 108 Å². The number of nitrogens with one attached hydrogen (secondary N) is 1. The first-order valence-corrected chi connectivity index (χ1v) is 6.17. The summed E-state index contributed by atoms with van der Waals surface area (Å²) in [5, 5.41) is 12.8. The number of pyridine rings is 1. The molecule has 0 aliphatic heterocycles. The van der Waals surface area contributed by atoms with E-state index in [2.05, 4.69) is 10.3 Å². The highest BCUT2D eigenvalue weighted by molar-refractivity contribution is 5.08. The first-order valence-electron chi connectivity index (χ1n) is 6.17. The molecule has 2 N–H and O–H groups in total. The molecule has 1 unspecified atom stereocenters. The van der Waals surface area contributed by atoms with Crippen molar-refractivity contribution in [1.29, 1.82) is 0 Å². The standard InChI is InChI=1S/C13H22N2O3/c1-17-7-8-18-11-13(16)10-15-6-4-12-3-2-5-14-9-12/h2-3,5,9,13,15-16H,4,6-8,10-11H2,1H3. The lowest BCUT2D eigenvalue weighted by molar-refractivity contribution is 0.0139. The molecule has 0 bridgehead atoms. The Morgan fingerprint density at radius 1 is 1.44 bits per heavy atom.